The summed E-state index contributed by atoms with van der Waals surface area (Å²) in [6, 6.07) is 3.57. The molecule has 1 aromatic heterocycles. The average Bonchev–Trinajstić information content (AvgIpc) is 2.32. The van der Waals surface area contributed by atoms with Gasteiger partial charge in [0.15, 0.2) is 0 Å². The van der Waals surface area contributed by atoms with Gasteiger partial charge in [-0.05, 0) is 25.7 Å². The van der Waals surface area contributed by atoms with Gasteiger partial charge in [0.1, 0.15) is 5.03 Å². The first-order valence-electron chi connectivity index (χ1n) is 5.68. The molecule has 0 bridgehead atoms. The molecule has 0 aromatic carbocycles. The first-order chi connectivity index (χ1) is 8.63. The number of nitrogens with zero attached hydrogens (tertiary/aromatic N) is 2. The van der Waals surface area contributed by atoms with Crippen LogP contribution in [0.2, 0.25) is 0 Å². The lowest BCUT2D eigenvalue weighted by atomic mass is 10.6. The van der Waals surface area contributed by atoms with Gasteiger partial charge in [-0.2, -0.15) is 0 Å². The molecule has 1 aromatic rings. The van der Waals surface area contributed by atoms with Gasteiger partial charge in [-0.3, -0.25) is 9.05 Å². The van der Waals surface area contributed by atoms with E-state index >= 15 is 0 Å². The Morgan fingerprint density at radius 3 is 2.28 bits per heavy atom. The van der Waals surface area contributed by atoms with Crippen molar-refractivity contribution in [3.05, 3.63) is 12.1 Å². The van der Waals surface area contributed by atoms with Crippen LogP contribution in [0.3, 0.4) is 0 Å². The summed E-state index contributed by atoms with van der Waals surface area (Å²) in [5.41, 5.74) is 0. The highest BCUT2D eigenvalue weighted by Crippen LogP contribution is 2.49. The minimum absolute atomic E-state index is 0.334. The molecule has 0 fully saturated rings. The predicted molar refractivity (Wildman–Crippen MR) is 76.6 cm³/mol. The molecule has 1 heterocycles. The van der Waals surface area contributed by atoms with Gasteiger partial charge in [0.05, 0.1) is 13.2 Å². The zero-order valence-electron chi connectivity index (χ0n) is 10.7. The molecular formula is C10H17N2O3PS2. The van der Waals surface area contributed by atoms with Crippen LogP contribution in [0.5, 0.6) is 5.88 Å². The maximum atomic E-state index is 5.51. The lowest BCUT2D eigenvalue weighted by Gasteiger charge is -2.19. The first kappa shape index (κ1) is 15.9. The van der Waals surface area contributed by atoms with E-state index in [1.165, 1.54) is 0 Å². The Morgan fingerprint density at radius 1 is 1.17 bits per heavy atom. The summed E-state index contributed by atoms with van der Waals surface area (Å²) in [6.07, 6.45) is 0. The van der Waals surface area contributed by atoms with Gasteiger partial charge >= 0.3 is 6.72 Å². The van der Waals surface area contributed by atoms with Gasteiger partial charge in [-0.15, -0.1) is 22.0 Å². The molecule has 1 rings (SSSR count). The molecule has 5 nitrogen and oxygen atoms in total. The van der Waals surface area contributed by atoms with E-state index in [0.717, 1.165) is 10.8 Å². The average molecular weight is 308 g/mol. The molecule has 8 heteroatoms. The molecular weight excluding hydrogens is 291 g/mol. The van der Waals surface area contributed by atoms with Crippen LogP contribution in [0.25, 0.3) is 0 Å². The van der Waals surface area contributed by atoms with Crippen molar-refractivity contribution in [3.63, 3.8) is 0 Å². The normalized spacial score (nSPS) is 11.5. The van der Waals surface area contributed by atoms with Crippen LogP contribution in [-0.2, 0) is 20.9 Å². The molecule has 0 N–H and O–H groups in total. The highest BCUT2D eigenvalue weighted by Gasteiger charge is 2.21. The van der Waals surface area contributed by atoms with Crippen molar-refractivity contribution in [2.24, 2.45) is 0 Å². The summed E-state index contributed by atoms with van der Waals surface area (Å²) in [6.45, 7) is 3.87. The summed E-state index contributed by atoms with van der Waals surface area (Å²) in [5, 5.41) is 8.83. The molecule has 0 saturated carbocycles. The van der Waals surface area contributed by atoms with E-state index in [2.05, 4.69) is 17.1 Å². The van der Waals surface area contributed by atoms with Gasteiger partial charge < -0.3 is 4.52 Å². The smallest absolute Gasteiger partial charge is 0.381 e. The lowest BCUT2D eigenvalue weighted by molar-refractivity contribution is 0.215. The molecule has 0 radical (unpaired) electrons. The van der Waals surface area contributed by atoms with Crippen LogP contribution in [0.4, 0.5) is 0 Å². The van der Waals surface area contributed by atoms with Gasteiger partial charge in [-0.25, -0.2) is 0 Å². The molecule has 0 aliphatic carbocycles. The number of rotatable bonds is 8. The third-order valence-electron chi connectivity index (χ3n) is 1.69. The Hall–Kier alpha value is -0.200. The highest BCUT2D eigenvalue weighted by molar-refractivity contribution is 8.07. The molecule has 0 unspecified atom stereocenters. The maximum absolute atomic E-state index is 5.51. The number of hydrogen-bond acceptors (Lipinski definition) is 7. The summed E-state index contributed by atoms with van der Waals surface area (Å²) in [5.74, 6) is 1.28. The minimum atomic E-state index is -2.75. The van der Waals surface area contributed by atoms with Crippen LogP contribution >= 0.6 is 18.5 Å². The van der Waals surface area contributed by atoms with Crippen molar-refractivity contribution >= 4 is 30.3 Å². The third kappa shape index (κ3) is 5.20. The summed E-state index contributed by atoms with van der Waals surface area (Å²) in [7, 11) is 0. The monoisotopic (exact) mass is 308 g/mol. The van der Waals surface area contributed by atoms with E-state index in [-0.39, 0.29) is 0 Å². The van der Waals surface area contributed by atoms with Crippen molar-refractivity contribution in [1.29, 1.82) is 0 Å². The van der Waals surface area contributed by atoms with Gasteiger partial charge in [-0.1, -0.05) is 6.92 Å². The molecule has 0 saturated heterocycles. The molecule has 0 aliphatic heterocycles. The van der Waals surface area contributed by atoms with Crippen molar-refractivity contribution < 1.29 is 13.6 Å². The molecule has 0 atom stereocenters. The Bertz CT molecular complexity index is 393. The van der Waals surface area contributed by atoms with E-state index in [0.29, 0.717) is 19.1 Å². The predicted octanol–water partition coefficient (Wildman–Crippen LogP) is 3.26. The largest absolute Gasteiger partial charge is 0.404 e. The van der Waals surface area contributed by atoms with Crippen LogP contribution in [0.15, 0.2) is 17.2 Å². The van der Waals surface area contributed by atoms with E-state index < -0.39 is 6.72 Å². The zero-order chi connectivity index (χ0) is 13.4. The van der Waals surface area contributed by atoms with Crippen LogP contribution in [0, 0.1) is 0 Å². The van der Waals surface area contributed by atoms with Gasteiger partial charge in [0, 0.05) is 17.9 Å². The summed E-state index contributed by atoms with van der Waals surface area (Å²) < 4.78 is 16.2. The SMILES string of the molecule is CCOP(=S)(OCC)Oc1ccc(SCC)nn1. The fourth-order valence-corrected chi connectivity index (χ4v) is 3.66. The quantitative estimate of drug-likeness (QED) is 0.539. The summed E-state index contributed by atoms with van der Waals surface area (Å²) in [4.78, 5) is 0. The zero-order valence-corrected chi connectivity index (χ0v) is 13.2. The van der Waals surface area contributed by atoms with Crippen molar-refractivity contribution in [1.82, 2.24) is 10.2 Å². The van der Waals surface area contributed by atoms with Crippen LogP contribution in [0.1, 0.15) is 20.8 Å². The lowest BCUT2D eigenvalue weighted by Crippen LogP contribution is -2.03. The molecule has 18 heavy (non-hydrogen) atoms. The van der Waals surface area contributed by atoms with E-state index in [1.807, 2.05) is 19.9 Å². The minimum Gasteiger partial charge on any atom is -0.404 e. The summed E-state index contributed by atoms with van der Waals surface area (Å²) >= 11 is 6.85. The van der Waals surface area contributed by atoms with E-state index in [4.69, 9.17) is 25.4 Å². The molecule has 0 spiro atoms. The Labute approximate surface area is 117 Å². The van der Waals surface area contributed by atoms with Gasteiger partial charge in [0.2, 0.25) is 5.88 Å². The van der Waals surface area contributed by atoms with E-state index in [9.17, 15) is 0 Å². The first-order valence-corrected chi connectivity index (χ1v) is 9.23. The Kier molecular flexibility index (Phi) is 7.11. The van der Waals surface area contributed by atoms with E-state index in [1.54, 1.807) is 17.8 Å². The van der Waals surface area contributed by atoms with Gasteiger partial charge in [0.25, 0.3) is 0 Å². The molecule has 102 valence electrons. The van der Waals surface area contributed by atoms with Crippen LogP contribution < -0.4 is 4.52 Å². The van der Waals surface area contributed by atoms with Crippen molar-refractivity contribution in [2.45, 2.75) is 25.8 Å². The van der Waals surface area contributed by atoms with Crippen molar-refractivity contribution in [2.75, 3.05) is 19.0 Å². The highest BCUT2D eigenvalue weighted by atomic mass is 32.5. The Balaban J connectivity index is 2.71. The van der Waals surface area contributed by atoms with Crippen LogP contribution in [-0.4, -0.2) is 29.2 Å². The second kappa shape index (κ2) is 8.07. The fraction of sp³-hybridized carbons (Fsp3) is 0.600. The topological polar surface area (TPSA) is 53.5 Å². The molecule has 0 amide bonds. The third-order valence-corrected chi connectivity index (χ3v) is 4.91. The maximum Gasteiger partial charge on any atom is 0.381 e. The molecule has 0 aliphatic rings. The second-order valence-electron chi connectivity index (χ2n) is 3.02. The fourth-order valence-electron chi connectivity index (χ4n) is 1.10. The second-order valence-corrected chi connectivity index (χ2v) is 7.24. The number of aromatic nitrogens is 2. The number of thioether (sulfide) groups is 1. The Morgan fingerprint density at radius 2 is 1.83 bits per heavy atom. The van der Waals surface area contributed by atoms with Crippen molar-refractivity contribution in [3.8, 4) is 5.88 Å². The standard InChI is InChI=1S/C10H17N2O3PS2/c1-4-13-16(17,14-5-2)15-9-7-8-10(12-11-9)18-6-3/h7-8H,4-6H2,1-3H3. The number of hydrogen-bond donors (Lipinski definition) is 0.